The van der Waals surface area contributed by atoms with Crippen LogP contribution in [0.5, 0.6) is 0 Å². The fraction of sp³-hybridized carbons (Fsp3) is 0.562. The van der Waals surface area contributed by atoms with Gasteiger partial charge < -0.3 is 10.0 Å². The summed E-state index contributed by atoms with van der Waals surface area (Å²) in [5.41, 5.74) is 2.11. The van der Waals surface area contributed by atoms with Crippen molar-refractivity contribution in [1.29, 1.82) is 0 Å². The molecule has 1 heterocycles. The molecule has 0 aromatic heterocycles. The topological polar surface area (TPSA) is 40.5 Å². The highest BCUT2D eigenvalue weighted by Crippen LogP contribution is 2.37. The van der Waals surface area contributed by atoms with Gasteiger partial charge in [-0.2, -0.15) is 0 Å². The number of hydrogen-bond donors (Lipinski definition) is 1. The molecule has 19 heavy (non-hydrogen) atoms. The predicted molar refractivity (Wildman–Crippen MR) is 77.6 cm³/mol. The summed E-state index contributed by atoms with van der Waals surface area (Å²) >= 11 is 0. The van der Waals surface area contributed by atoms with E-state index in [1.807, 2.05) is 13.8 Å². The second kappa shape index (κ2) is 5.24. The Labute approximate surface area is 115 Å². The number of carboxylic acid groups (broad SMARTS) is 1. The molecule has 3 heteroatoms. The lowest BCUT2D eigenvalue weighted by Gasteiger charge is -2.47. The van der Waals surface area contributed by atoms with Crippen LogP contribution in [0, 0.1) is 5.92 Å². The van der Waals surface area contributed by atoms with Gasteiger partial charge in [0.25, 0.3) is 0 Å². The first-order chi connectivity index (χ1) is 8.96. The van der Waals surface area contributed by atoms with E-state index in [0.29, 0.717) is 0 Å². The fourth-order valence-electron chi connectivity index (χ4n) is 3.08. The lowest BCUT2D eigenvalue weighted by atomic mass is 9.78. The highest BCUT2D eigenvalue weighted by atomic mass is 16.4. The molecule has 1 aromatic rings. The second-order valence-electron chi connectivity index (χ2n) is 5.86. The zero-order valence-corrected chi connectivity index (χ0v) is 12.0. The molecule has 3 nitrogen and oxygen atoms in total. The first-order valence-electron chi connectivity index (χ1n) is 7.06. The van der Waals surface area contributed by atoms with Crippen molar-refractivity contribution in [3.8, 4) is 0 Å². The van der Waals surface area contributed by atoms with Crippen molar-refractivity contribution < 1.29 is 9.90 Å². The van der Waals surface area contributed by atoms with Crippen molar-refractivity contribution in [2.75, 3.05) is 11.4 Å². The molecule has 0 amide bonds. The van der Waals surface area contributed by atoms with E-state index in [1.165, 1.54) is 5.56 Å². The molecule has 1 unspecified atom stereocenters. The number of aryl methyl sites for hydroxylation is 1. The largest absolute Gasteiger partial charge is 0.481 e. The molecule has 0 bridgehead atoms. The minimum absolute atomic E-state index is 0.299. The summed E-state index contributed by atoms with van der Waals surface area (Å²) in [5, 5.41) is 9.39. The number of aliphatic carboxylic acids is 1. The third-order valence-electron chi connectivity index (χ3n) is 4.38. The number of anilines is 1. The molecule has 1 aliphatic heterocycles. The number of benzene rings is 1. The molecule has 0 saturated carbocycles. The highest BCUT2D eigenvalue weighted by Gasteiger charge is 2.42. The van der Waals surface area contributed by atoms with Crippen LogP contribution in [0.4, 0.5) is 5.69 Å². The Hall–Kier alpha value is -1.51. The van der Waals surface area contributed by atoms with E-state index in [4.69, 9.17) is 0 Å². The van der Waals surface area contributed by atoms with Crippen LogP contribution in [0.2, 0.25) is 0 Å². The maximum atomic E-state index is 11.4. The van der Waals surface area contributed by atoms with E-state index in [2.05, 4.69) is 36.1 Å². The van der Waals surface area contributed by atoms with E-state index >= 15 is 0 Å². The van der Waals surface area contributed by atoms with Gasteiger partial charge in [0.2, 0.25) is 0 Å². The zero-order chi connectivity index (χ0) is 14.0. The monoisotopic (exact) mass is 261 g/mol. The van der Waals surface area contributed by atoms with Gasteiger partial charge in [0.1, 0.15) is 0 Å². The Morgan fingerprint density at radius 3 is 2.53 bits per heavy atom. The summed E-state index contributed by atoms with van der Waals surface area (Å²) in [6.45, 7) is 7.15. The molecule has 0 spiro atoms. The summed E-state index contributed by atoms with van der Waals surface area (Å²) in [4.78, 5) is 13.7. The lowest BCUT2D eigenvalue weighted by molar-refractivity contribution is -0.144. The summed E-state index contributed by atoms with van der Waals surface area (Å²) < 4.78 is 0. The second-order valence-corrected chi connectivity index (χ2v) is 5.86. The summed E-state index contributed by atoms with van der Waals surface area (Å²) in [6, 6.07) is 8.50. The summed E-state index contributed by atoms with van der Waals surface area (Å²) in [5.74, 6) is -0.980. The van der Waals surface area contributed by atoms with E-state index in [1.54, 1.807) is 0 Å². The maximum Gasteiger partial charge on any atom is 0.308 e. The first-order valence-corrected chi connectivity index (χ1v) is 7.06. The molecule has 0 radical (unpaired) electrons. The van der Waals surface area contributed by atoms with Gasteiger partial charge in [-0.25, -0.2) is 0 Å². The van der Waals surface area contributed by atoms with Crippen molar-refractivity contribution in [2.24, 2.45) is 5.92 Å². The van der Waals surface area contributed by atoms with Gasteiger partial charge in [0.15, 0.2) is 0 Å². The molecule has 104 valence electrons. The zero-order valence-electron chi connectivity index (χ0n) is 12.0. The Kier molecular flexibility index (Phi) is 3.83. The first kappa shape index (κ1) is 13.9. The molecule has 0 aliphatic carbocycles. The molecule has 1 aliphatic rings. The van der Waals surface area contributed by atoms with Crippen molar-refractivity contribution in [1.82, 2.24) is 0 Å². The molecule has 2 rings (SSSR count). The van der Waals surface area contributed by atoms with E-state index in [0.717, 1.165) is 31.5 Å². The number of hydrogen-bond acceptors (Lipinski definition) is 2. The quantitative estimate of drug-likeness (QED) is 0.907. The normalized spacial score (nSPS) is 22.3. The number of piperidine rings is 1. The van der Waals surface area contributed by atoms with Gasteiger partial charge in [-0.15, -0.1) is 0 Å². The van der Waals surface area contributed by atoms with Crippen molar-refractivity contribution in [3.05, 3.63) is 29.8 Å². The Morgan fingerprint density at radius 1 is 1.37 bits per heavy atom. The summed E-state index contributed by atoms with van der Waals surface area (Å²) in [6.07, 6.45) is 2.74. The van der Waals surface area contributed by atoms with Crippen molar-refractivity contribution in [3.63, 3.8) is 0 Å². The van der Waals surface area contributed by atoms with Crippen LogP contribution in [0.3, 0.4) is 0 Å². The fourth-order valence-corrected chi connectivity index (χ4v) is 3.08. The summed E-state index contributed by atoms with van der Waals surface area (Å²) in [7, 11) is 0. The molecule has 1 N–H and O–H groups in total. The SMILES string of the molecule is CCc1ccc(N2CCCC(C(=O)O)C2(C)C)cc1. The molecular formula is C16H23NO2. The van der Waals surface area contributed by atoms with Gasteiger partial charge >= 0.3 is 5.97 Å². The minimum atomic E-state index is -0.681. The van der Waals surface area contributed by atoms with Crippen molar-refractivity contribution in [2.45, 2.75) is 45.6 Å². The van der Waals surface area contributed by atoms with Crippen LogP contribution < -0.4 is 4.90 Å². The number of carbonyl (C=O) groups is 1. The van der Waals surface area contributed by atoms with Crippen LogP contribution in [0.1, 0.15) is 39.2 Å². The average Bonchev–Trinajstić information content (AvgIpc) is 2.38. The molecule has 1 saturated heterocycles. The number of carboxylic acids is 1. The van der Waals surface area contributed by atoms with Crippen molar-refractivity contribution >= 4 is 11.7 Å². The van der Waals surface area contributed by atoms with Gasteiger partial charge in [-0.05, 0) is 50.8 Å². The highest BCUT2D eigenvalue weighted by molar-refractivity contribution is 5.73. The molecule has 1 fully saturated rings. The smallest absolute Gasteiger partial charge is 0.308 e. The standard InChI is InChI=1S/C16H23NO2/c1-4-12-7-9-13(10-8-12)17-11-5-6-14(15(18)19)16(17,2)3/h7-10,14H,4-6,11H2,1-3H3,(H,18,19). The minimum Gasteiger partial charge on any atom is -0.481 e. The number of nitrogens with zero attached hydrogens (tertiary/aromatic N) is 1. The molecule has 1 aromatic carbocycles. The van der Waals surface area contributed by atoms with Crippen LogP contribution in [0.15, 0.2) is 24.3 Å². The van der Waals surface area contributed by atoms with Crippen LogP contribution in [0.25, 0.3) is 0 Å². The van der Waals surface area contributed by atoms with Gasteiger partial charge in [-0.1, -0.05) is 19.1 Å². The Morgan fingerprint density at radius 2 is 2.00 bits per heavy atom. The molecular weight excluding hydrogens is 238 g/mol. The number of rotatable bonds is 3. The predicted octanol–water partition coefficient (Wildman–Crippen LogP) is 3.33. The van der Waals surface area contributed by atoms with Crippen LogP contribution in [-0.2, 0) is 11.2 Å². The van der Waals surface area contributed by atoms with Gasteiger partial charge in [0, 0.05) is 17.8 Å². The van der Waals surface area contributed by atoms with Crippen LogP contribution >= 0.6 is 0 Å². The van der Waals surface area contributed by atoms with Gasteiger partial charge in [-0.3, -0.25) is 4.79 Å². The molecule has 1 atom stereocenters. The van der Waals surface area contributed by atoms with Gasteiger partial charge in [0.05, 0.1) is 5.92 Å². The Bertz CT molecular complexity index is 450. The van der Waals surface area contributed by atoms with E-state index in [-0.39, 0.29) is 11.5 Å². The maximum absolute atomic E-state index is 11.4. The van der Waals surface area contributed by atoms with Crippen LogP contribution in [-0.4, -0.2) is 23.2 Å². The third-order valence-corrected chi connectivity index (χ3v) is 4.38. The van der Waals surface area contributed by atoms with E-state index in [9.17, 15) is 9.90 Å². The Balaban J connectivity index is 2.29. The lowest BCUT2D eigenvalue weighted by Crippen LogP contribution is -2.55. The third kappa shape index (κ3) is 2.60. The van der Waals surface area contributed by atoms with E-state index < -0.39 is 5.97 Å². The average molecular weight is 261 g/mol.